The second kappa shape index (κ2) is 8.24. The van der Waals surface area contributed by atoms with E-state index in [-0.39, 0.29) is 16.4 Å². The topological polar surface area (TPSA) is 101 Å². The van der Waals surface area contributed by atoms with Crippen molar-refractivity contribution in [1.82, 2.24) is 14.9 Å². The van der Waals surface area contributed by atoms with Crippen molar-refractivity contribution in [2.75, 3.05) is 42.6 Å². The molecule has 0 N–H and O–H groups in total. The Kier molecular flexibility index (Phi) is 5.82. The van der Waals surface area contributed by atoms with Crippen molar-refractivity contribution in [3.05, 3.63) is 48.3 Å². The third-order valence-electron chi connectivity index (χ3n) is 5.95. The number of benzene rings is 1. The number of aryl methyl sites for hydroxylation is 1. The highest BCUT2D eigenvalue weighted by atomic mass is 32.2. The van der Waals surface area contributed by atoms with Gasteiger partial charge < -0.3 is 4.90 Å². The average molecular weight is 451 g/mol. The first-order chi connectivity index (χ1) is 14.3. The highest BCUT2D eigenvalue weighted by Gasteiger charge is 2.48. The second-order valence-corrected chi connectivity index (χ2v) is 12.1. The van der Waals surface area contributed by atoms with Crippen molar-refractivity contribution < 1.29 is 16.8 Å². The molecule has 10 heteroatoms. The Morgan fingerprint density at radius 2 is 1.63 bits per heavy atom. The fraction of sp³-hybridized carbons (Fsp3) is 0.500. The molecule has 3 heterocycles. The smallest absolute Gasteiger partial charge is 0.225 e. The highest BCUT2D eigenvalue weighted by molar-refractivity contribution is 7.96. The van der Waals surface area contributed by atoms with Crippen molar-refractivity contribution in [2.45, 2.75) is 29.5 Å². The molecule has 30 heavy (non-hydrogen) atoms. The predicted octanol–water partition coefficient (Wildman–Crippen LogP) is 0.801. The number of hydrogen-bond donors (Lipinski definition) is 0. The van der Waals surface area contributed by atoms with Crippen LogP contribution in [0, 0.1) is 0 Å². The predicted molar refractivity (Wildman–Crippen MR) is 115 cm³/mol. The molecule has 2 fully saturated rings. The van der Waals surface area contributed by atoms with Crippen molar-refractivity contribution >= 4 is 25.6 Å². The van der Waals surface area contributed by atoms with Crippen molar-refractivity contribution in [3.63, 3.8) is 0 Å². The van der Waals surface area contributed by atoms with E-state index in [2.05, 4.69) is 9.97 Å². The summed E-state index contributed by atoms with van der Waals surface area (Å²) in [6.07, 6.45) is 4.19. The number of anilines is 1. The van der Waals surface area contributed by atoms with Crippen LogP contribution in [0.4, 0.5) is 5.95 Å². The van der Waals surface area contributed by atoms with Gasteiger partial charge in [0.15, 0.2) is 19.7 Å². The molecule has 2 atom stereocenters. The lowest BCUT2D eigenvalue weighted by Crippen LogP contribution is -2.55. The Labute approximate surface area is 177 Å². The minimum absolute atomic E-state index is 0.119. The largest absolute Gasteiger partial charge is 0.338 e. The van der Waals surface area contributed by atoms with Crippen LogP contribution >= 0.6 is 0 Å². The van der Waals surface area contributed by atoms with Crippen LogP contribution in [-0.4, -0.2) is 80.7 Å². The quantitative estimate of drug-likeness (QED) is 0.659. The van der Waals surface area contributed by atoms with Gasteiger partial charge in [-0.3, -0.25) is 4.90 Å². The van der Waals surface area contributed by atoms with Gasteiger partial charge in [0.25, 0.3) is 0 Å². The van der Waals surface area contributed by atoms with Gasteiger partial charge in [-0.1, -0.05) is 19.1 Å². The molecule has 8 nitrogen and oxygen atoms in total. The van der Waals surface area contributed by atoms with Crippen LogP contribution in [0.25, 0.3) is 0 Å². The van der Waals surface area contributed by atoms with Crippen LogP contribution in [0.3, 0.4) is 0 Å². The summed E-state index contributed by atoms with van der Waals surface area (Å²) < 4.78 is 51.6. The Hall–Kier alpha value is -2.04. The monoisotopic (exact) mass is 450 g/mol. The molecule has 4 rings (SSSR count). The third kappa shape index (κ3) is 4.21. The van der Waals surface area contributed by atoms with E-state index in [9.17, 15) is 16.8 Å². The molecule has 1 aromatic heterocycles. The van der Waals surface area contributed by atoms with E-state index in [1.807, 2.05) is 16.7 Å². The lowest BCUT2D eigenvalue weighted by molar-refractivity contribution is 0.201. The molecule has 0 bridgehead atoms. The van der Waals surface area contributed by atoms with Gasteiger partial charge in [0.1, 0.15) is 0 Å². The van der Waals surface area contributed by atoms with Gasteiger partial charge in [-0.25, -0.2) is 26.8 Å². The number of piperazine rings is 1. The Morgan fingerprint density at radius 3 is 2.23 bits per heavy atom. The van der Waals surface area contributed by atoms with E-state index in [4.69, 9.17) is 0 Å². The van der Waals surface area contributed by atoms with Gasteiger partial charge in [-0.05, 0) is 30.2 Å². The third-order valence-corrected chi connectivity index (χ3v) is 10.1. The van der Waals surface area contributed by atoms with Crippen LogP contribution in [-0.2, 0) is 26.1 Å². The van der Waals surface area contributed by atoms with Crippen LogP contribution < -0.4 is 4.90 Å². The Morgan fingerprint density at radius 1 is 1.00 bits per heavy atom. The van der Waals surface area contributed by atoms with Crippen LogP contribution in [0.15, 0.2) is 47.6 Å². The number of rotatable bonds is 5. The molecule has 0 amide bonds. The van der Waals surface area contributed by atoms with Gasteiger partial charge in [0.05, 0.1) is 21.7 Å². The first kappa shape index (κ1) is 21.2. The minimum atomic E-state index is -3.76. The molecule has 0 spiro atoms. The zero-order valence-electron chi connectivity index (χ0n) is 16.9. The van der Waals surface area contributed by atoms with Crippen LogP contribution in [0.1, 0.15) is 12.5 Å². The summed E-state index contributed by atoms with van der Waals surface area (Å²) in [6, 6.07) is 8.01. The lowest BCUT2D eigenvalue weighted by atomic mass is 10.2. The molecule has 162 valence electrons. The first-order valence-electron chi connectivity index (χ1n) is 10.1. The molecule has 2 saturated heterocycles. The summed E-state index contributed by atoms with van der Waals surface area (Å²) in [5.41, 5.74) is 1.05. The SMILES string of the molecule is CCc1ccc(S(=O)(=O)[C@@H]2CS(=O)(=O)C[C@@H]2N2CCN(c3ncccn3)CC2)cc1. The molecule has 2 aromatic rings. The number of aromatic nitrogens is 2. The fourth-order valence-corrected chi connectivity index (χ4v) is 9.06. The molecule has 0 saturated carbocycles. The molecule has 1 aromatic carbocycles. The first-order valence-corrected chi connectivity index (χ1v) is 13.5. The second-order valence-electron chi connectivity index (χ2n) is 7.80. The van der Waals surface area contributed by atoms with Crippen LogP contribution in [0.5, 0.6) is 0 Å². The zero-order chi connectivity index (χ0) is 21.4. The fourth-order valence-electron chi connectivity index (χ4n) is 4.23. The number of nitrogens with zero attached hydrogens (tertiary/aromatic N) is 4. The lowest BCUT2D eigenvalue weighted by Gasteiger charge is -2.39. The van der Waals surface area contributed by atoms with E-state index in [0.29, 0.717) is 32.1 Å². The van der Waals surface area contributed by atoms with E-state index < -0.39 is 31.0 Å². The minimum Gasteiger partial charge on any atom is -0.338 e. The molecular weight excluding hydrogens is 424 g/mol. The summed E-state index contributed by atoms with van der Waals surface area (Å²) in [5.74, 6) is 0.194. The Bertz CT molecular complexity index is 1080. The molecular formula is C20H26N4O4S2. The molecule has 0 radical (unpaired) electrons. The average Bonchev–Trinajstić information content (AvgIpc) is 3.11. The highest BCUT2D eigenvalue weighted by Crippen LogP contribution is 2.30. The summed E-state index contributed by atoms with van der Waals surface area (Å²) >= 11 is 0. The maximum atomic E-state index is 13.3. The molecule has 2 aliphatic rings. The maximum absolute atomic E-state index is 13.3. The summed E-state index contributed by atoms with van der Waals surface area (Å²) in [6.45, 7) is 4.39. The van der Waals surface area contributed by atoms with Gasteiger partial charge in [-0.2, -0.15) is 0 Å². The van der Waals surface area contributed by atoms with Crippen LogP contribution in [0.2, 0.25) is 0 Å². The van der Waals surface area contributed by atoms with E-state index >= 15 is 0 Å². The number of sulfone groups is 2. The van der Waals surface area contributed by atoms with E-state index in [0.717, 1.165) is 12.0 Å². The summed E-state index contributed by atoms with van der Waals surface area (Å²) in [4.78, 5) is 12.8. The molecule has 0 aliphatic carbocycles. The summed E-state index contributed by atoms with van der Waals surface area (Å²) in [5, 5.41) is -0.950. The molecule has 2 aliphatic heterocycles. The Balaban J connectivity index is 1.54. The van der Waals surface area contributed by atoms with Gasteiger partial charge in [-0.15, -0.1) is 0 Å². The standard InChI is InChI=1S/C20H26N4O4S2/c1-2-16-4-6-17(7-5-16)30(27,28)19-15-29(25,26)14-18(19)23-10-12-24(13-11-23)20-21-8-3-9-22-20/h3-9,18-19H,2,10-15H2,1H3/t18-,19+/m0/s1. The van der Waals surface area contributed by atoms with E-state index in [1.165, 1.54) is 0 Å². The molecule has 0 unspecified atom stereocenters. The zero-order valence-corrected chi connectivity index (χ0v) is 18.5. The van der Waals surface area contributed by atoms with Crippen molar-refractivity contribution in [3.8, 4) is 0 Å². The van der Waals surface area contributed by atoms with Gasteiger partial charge >= 0.3 is 0 Å². The summed E-state index contributed by atoms with van der Waals surface area (Å²) in [7, 11) is -7.18. The normalized spacial score (nSPS) is 24.8. The van der Waals surface area contributed by atoms with E-state index in [1.54, 1.807) is 42.7 Å². The van der Waals surface area contributed by atoms with Gasteiger partial charge in [0.2, 0.25) is 5.95 Å². The maximum Gasteiger partial charge on any atom is 0.225 e. The van der Waals surface area contributed by atoms with Crippen molar-refractivity contribution in [1.29, 1.82) is 0 Å². The van der Waals surface area contributed by atoms with Gasteiger partial charge in [0, 0.05) is 44.6 Å². The van der Waals surface area contributed by atoms with Crippen molar-refractivity contribution in [2.24, 2.45) is 0 Å². The number of hydrogen-bond acceptors (Lipinski definition) is 8.